The number of amides is 2. The number of nitrogens with one attached hydrogen (secondary N) is 2. The molecule has 5 nitrogen and oxygen atoms in total. The fourth-order valence-electron chi connectivity index (χ4n) is 1.59. The van der Waals surface area contributed by atoms with E-state index in [1.54, 1.807) is 4.90 Å². The van der Waals surface area contributed by atoms with E-state index in [1.165, 1.54) is 0 Å². The van der Waals surface area contributed by atoms with Crippen molar-refractivity contribution < 1.29 is 9.59 Å². The van der Waals surface area contributed by atoms with Gasteiger partial charge < -0.3 is 15.5 Å². The lowest BCUT2D eigenvalue weighted by Gasteiger charge is -2.20. The Kier molecular flexibility index (Phi) is 9.28. The van der Waals surface area contributed by atoms with E-state index in [-0.39, 0.29) is 18.4 Å². The smallest absolute Gasteiger partial charge is 0.239 e. The molecule has 0 aliphatic heterocycles. The minimum Gasteiger partial charge on any atom is -0.355 e. The maximum Gasteiger partial charge on any atom is 0.239 e. The van der Waals surface area contributed by atoms with Crippen LogP contribution in [0.2, 0.25) is 0 Å². The molecule has 0 saturated heterocycles. The topological polar surface area (TPSA) is 61.4 Å². The molecule has 18 heavy (non-hydrogen) atoms. The number of likely N-dealkylation sites (N-methyl/N-ethyl adjacent to an activating group) is 2. The molecule has 0 aromatic heterocycles. The Bertz CT molecular complexity index is 255. The van der Waals surface area contributed by atoms with Crippen LogP contribution in [0.5, 0.6) is 0 Å². The molecule has 0 aromatic carbocycles. The standard InChI is InChI=1S/C13H27N3O2/c1-5-14-12(17)10-16(6-2)13(18)8-7-9-15-11(3)4/h11,15H,5-10H2,1-4H3,(H,14,17). The summed E-state index contributed by atoms with van der Waals surface area (Å²) in [7, 11) is 0. The lowest BCUT2D eigenvalue weighted by atomic mass is 10.2. The van der Waals surface area contributed by atoms with Gasteiger partial charge in [0.25, 0.3) is 0 Å². The summed E-state index contributed by atoms with van der Waals surface area (Å²) in [6, 6.07) is 0.442. The van der Waals surface area contributed by atoms with E-state index >= 15 is 0 Å². The van der Waals surface area contributed by atoms with Gasteiger partial charge in [0.05, 0.1) is 6.54 Å². The Morgan fingerprint density at radius 1 is 1.22 bits per heavy atom. The number of carbonyl (C=O) groups is 2. The van der Waals surface area contributed by atoms with Gasteiger partial charge in [-0.2, -0.15) is 0 Å². The van der Waals surface area contributed by atoms with Crippen LogP contribution in [0, 0.1) is 0 Å². The van der Waals surface area contributed by atoms with Gasteiger partial charge in [0.1, 0.15) is 0 Å². The average Bonchev–Trinajstić information content (AvgIpc) is 2.31. The van der Waals surface area contributed by atoms with Crippen LogP contribution in [0.4, 0.5) is 0 Å². The average molecular weight is 257 g/mol. The molecule has 0 unspecified atom stereocenters. The van der Waals surface area contributed by atoms with Crippen LogP contribution in [-0.4, -0.2) is 48.9 Å². The minimum absolute atomic E-state index is 0.0503. The largest absolute Gasteiger partial charge is 0.355 e. The van der Waals surface area contributed by atoms with Gasteiger partial charge in [0, 0.05) is 25.6 Å². The van der Waals surface area contributed by atoms with Crippen molar-refractivity contribution in [1.82, 2.24) is 15.5 Å². The zero-order valence-electron chi connectivity index (χ0n) is 12.1. The number of nitrogens with zero attached hydrogens (tertiary/aromatic N) is 1. The predicted octanol–water partition coefficient (Wildman–Crippen LogP) is 0.749. The lowest BCUT2D eigenvalue weighted by molar-refractivity contribution is -0.135. The number of hydrogen-bond donors (Lipinski definition) is 2. The van der Waals surface area contributed by atoms with Gasteiger partial charge in [-0.05, 0) is 26.8 Å². The van der Waals surface area contributed by atoms with E-state index in [9.17, 15) is 9.59 Å². The van der Waals surface area contributed by atoms with Crippen molar-refractivity contribution in [3.8, 4) is 0 Å². The molecule has 0 bridgehead atoms. The second-order valence-corrected chi connectivity index (χ2v) is 4.57. The molecule has 2 amide bonds. The SMILES string of the molecule is CCNC(=O)CN(CC)C(=O)CCCNC(C)C. The Balaban J connectivity index is 3.92. The molecule has 0 saturated carbocycles. The summed E-state index contributed by atoms with van der Waals surface area (Å²) < 4.78 is 0. The predicted molar refractivity (Wildman–Crippen MR) is 73.3 cm³/mol. The molecular weight excluding hydrogens is 230 g/mol. The number of hydrogen-bond acceptors (Lipinski definition) is 3. The monoisotopic (exact) mass is 257 g/mol. The zero-order valence-corrected chi connectivity index (χ0v) is 12.1. The van der Waals surface area contributed by atoms with Gasteiger partial charge in [0.15, 0.2) is 0 Å². The lowest BCUT2D eigenvalue weighted by Crippen LogP contribution is -2.40. The van der Waals surface area contributed by atoms with Crippen LogP contribution in [0.25, 0.3) is 0 Å². The fraction of sp³-hybridized carbons (Fsp3) is 0.846. The van der Waals surface area contributed by atoms with E-state index in [0.29, 0.717) is 25.6 Å². The van der Waals surface area contributed by atoms with Crippen LogP contribution in [0.15, 0.2) is 0 Å². The van der Waals surface area contributed by atoms with Crippen molar-refractivity contribution >= 4 is 11.8 Å². The van der Waals surface area contributed by atoms with Crippen LogP contribution >= 0.6 is 0 Å². The van der Waals surface area contributed by atoms with Crippen LogP contribution in [-0.2, 0) is 9.59 Å². The first kappa shape index (κ1) is 16.9. The first-order valence-corrected chi connectivity index (χ1v) is 6.79. The van der Waals surface area contributed by atoms with Crippen LogP contribution < -0.4 is 10.6 Å². The number of carbonyl (C=O) groups excluding carboxylic acids is 2. The van der Waals surface area contributed by atoms with Crippen molar-refractivity contribution in [3.05, 3.63) is 0 Å². The summed E-state index contributed by atoms with van der Waals surface area (Å²) in [4.78, 5) is 24.9. The third kappa shape index (κ3) is 8.06. The maximum atomic E-state index is 11.9. The highest BCUT2D eigenvalue weighted by atomic mass is 16.2. The molecule has 0 rings (SSSR count). The van der Waals surface area contributed by atoms with Crippen molar-refractivity contribution in [2.24, 2.45) is 0 Å². The highest BCUT2D eigenvalue weighted by Gasteiger charge is 2.14. The molecule has 0 atom stereocenters. The molecule has 0 aromatic rings. The first-order valence-electron chi connectivity index (χ1n) is 6.79. The van der Waals surface area contributed by atoms with E-state index < -0.39 is 0 Å². The molecule has 2 N–H and O–H groups in total. The molecule has 0 aliphatic carbocycles. The molecule has 0 fully saturated rings. The molecule has 5 heteroatoms. The van der Waals surface area contributed by atoms with Gasteiger partial charge in [-0.3, -0.25) is 9.59 Å². The van der Waals surface area contributed by atoms with Crippen LogP contribution in [0.3, 0.4) is 0 Å². The summed E-state index contributed by atoms with van der Waals surface area (Å²) in [5.41, 5.74) is 0. The first-order chi connectivity index (χ1) is 8.51. The van der Waals surface area contributed by atoms with Crippen molar-refractivity contribution in [2.45, 2.75) is 46.6 Å². The summed E-state index contributed by atoms with van der Waals surface area (Å²) in [6.45, 7) is 10.1. The second kappa shape index (κ2) is 9.88. The van der Waals surface area contributed by atoms with Crippen molar-refractivity contribution in [2.75, 3.05) is 26.2 Å². The summed E-state index contributed by atoms with van der Waals surface area (Å²) >= 11 is 0. The molecule has 0 spiro atoms. The Morgan fingerprint density at radius 2 is 1.89 bits per heavy atom. The molecule has 0 heterocycles. The molecular formula is C13H27N3O2. The van der Waals surface area contributed by atoms with Gasteiger partial charge >= 0.3 is 0 Å². The second-order valence-electron chi connectivity index (χ2n) is 4.57. The summed E-state index contributed by atoms with van der Waals surface area (Å²) in [5.74, 6) is -0.0395. The minimum atomic E-state index is -0.0898. The zero-order chi connectivity index (χ0) is 14.0. The van der Waals surface area contributed by atoms with Gasteiger partial charge in [-0.25, -0.2) is 0 Å². The van der Waals surface area contributed by atoms with Crippen molar-refractivity contribution in [3.63, 3.8) is 0 Å². The van der Waals surface area contributed by atoms with Crippen LogP contribution in [0.1, 0.15) is 40.5 Å². The highest BCUT2D eigenvalue weighted by molar-refractivity contribution is 5.84. The van der Waals surface area contributed by atoms with Gasteiger partial charge in [-0.1, -0.05) is 13.8 Å². The fourth-order valence-corrected chi connectivity index (χ4v) is 1.59. The Labute approximate surface area is 110 Å². The Hall–Kier alpha value is -1.10. The summed E-state index contributed by atoms with van der Waals surface area (Å²) in [6.07, 6.45) is 1.30. The maximum absolute atomic E-state index is 11.9. The van der Waals surface area contributed by atoms with E-state index in [1.807, 2.05) is 13.8 Å². The molecule has 0 aliphatic rings. The third-order valence-electron chi connectivity index (χ3n) is 2.56. The van der Waals surface area contributed by atoms with E-state index in [2.05, 4.69) is 24.5 Å². The van der Waals surface area contributed by atoms with E-state index in [0.717, 1.165) is 13.0 Å². The highest BCUT2D eigenvalue weighted by Crippen LogP contribution is 1.98. The van der Waals surface area contributed by atoms with Gasteiger partial charge in [-0.15, -0.1) is 0 Å². The normalized spacial score (nSPS) is 10.5. The molecule has 106 valence electrons. The Morgan fingerprint density at radius 3 is 2.39 bits per heavy atom. The van der Waals surface area contributed by atoms with Crippen molar-refractivity contribution in [1.29, 1.82) is 0 Å². The summed E-state index contributed by atoms with van der Waals surface area (Å²) in [5, 5.41) is 5.97. The quantitative estimate of drug-likeness (QED) is 0.599. The number of rotatable bonds is 9. The van der Waals surface area contributed by atoms with Gasteiger partial charge in [0.2, 0.25) is 11.8 Å². The van der Waals surface area contributed by atoms with E-state index in [4.69, 9.17) is 0 Å². The molecule has 0 radical (unpaired) electrons. The third-order valence-corrected chi connectivity index (χ3v) is 2.56.